The molecule has 1 fully saturated rings. The van der Waals surface area contributed by atoms with Gasteiger partial charge >= 0.3 is 0 Å². The number of amides is 1. The van der Waals surface area contributed by atoms with E-state index >= 15 is 0 Å². The Morgan fingerprint density at radius 1 is 1.24 bits per heavy atom. The van der Waals surface area contributed by atoms with Gasteiger partial charge in [0.15, 0.2) is 11.5 Å². The van der Waals surface area contributed by atoms with E-state index in [1.54, 1.807) is 4.68 Å². The second-order valence-electron chi connectivity index (χ2n) is 7.02. The zero-order chi connectivity index (χ0) is 18.0. The highest BCUT2D eigenvalue weighted by molar-refractivity contribution is 5.97. The van der Waals surface area contributed by atoms with E-state index in [0.29, 0.717) is 30.1 Å². The first-order chi connectivity index (χ1) is 12.0. The molecular weight excluding hydrogens is 314 g/mol. The van der Waals surface area contributed by atoms with Gasteiger partial charge in [0.25, 0.3) is 5.91 Å². The number of ketones is 1. The Hall–Kier alpha value is -2.43. The normalized spacial score (nSPS) is 17.3. The summed E-state index contributed by atoms with van der Waals surface area (Å²) < 4.78 is 1.78. The van der Waals surface area contributed by atoms with E-state index in [1.807, 2.05) is 48.3 Å². The van der Waals surface area contributed by atoms with Crippen molar-refractivity contribution in [2.45, 2.75) is 45.1 Å². The van der Waals surface area contributed by atoms with Gasteiger partial charge in [-0.3, -0.25) is 14.3 Å². The molecule has 0 bridgehead atoms. The van der Waals surface area contributed by atoms with Crippen LogP contribution in [0.2, 0.25) is 0 Å². The van der Waals surface area contributed by atoms with E-state index in [9.17, 15) is 9.59 Å². The van der Waals surface area contributed by atoms with Gasteiger partial charge in [0.2, 0.25) is 0 Å². The first-order valence-corrected chi connectivity index (χ1v) is 8.90. The van der Waals surface area contributed by atoms with Crippen LogP contribution in [0.1, 0.15) is 65.6 Å². The minimum absolute atomic E-state index is 0.0373. The van der Waals surface area contributed by atoms with E-state index in [4.69, 9.17) is 0 Å². The molecule has 0 spiro atoms. The third kappa shape index (κ3) is 3.65. The van der Waals surface area contributed by atoms with Gasteiger partial charge in [0, 0.05) is 37.3 Å². The summed E-state index contributed by atoms with van der Waals surface area (Å²) >= 11 is 0. The van der Waals surface area contributed by atoms with Gasteiger partial charge in [0.1, 0.15) is 0 Å². The highest BCUT2D eigenvalue weighted by Gasteiger charge is 2.32. The number of aryl methyl sites for hydroxylation is 1. The minimum atomic E-state index is -0.0640. The number of carbonyl (C=O) groups excluding carboxylic acids is 2. The van der Waals surface area contributed by atoms with Crippen molar-refractivity contribution in [3.05, 3.63) is 53.3 Å². The van der Waals surface area contributed by atoms with Crippen LogP contribution in [0.25, 0.3) is 0 Å². The van der Waals surface area contributed by atoms with Gasteiger partial charge in [-0.05, 0) is 24.8 Å². The number of benzene rings is 1. The first kappa shape index (κ1) is 17.4. The third-order valence-electron chi connectivity index (χ3n) is 4.88. The number of aromatic nitrogens is 2. The number of carbonyl (C=O) groups is 2. The molecule has 2 aromatic rings. The molecule has 1 saturated heterocycles. The summed E-state index contributed by atoms with van der Waals surface area (Å²) in [6.07, 6.45) is 2.18. The second-order valence-corrected chi connectivity index (χ2v) is 7.02. The van der Waals surface area contributed by atoms with Gasteiger partial charge in [0.05, 0.1) is 0 Å². The van der Waals surface area contributed by atoms with Gasteiger partial charge in [-0.15, -0.1) is 0 Å². The quantitative estimate of drug-likeness (QED) is 0.784. The lowest BCUT2D eigenvalue weighted by Crippen LogP contribution is -2.37. The average molecular weight is 339 g/mol. The van der Waals surface area contributed by atoms with Crippen molar-refractivity contribution in [2.75, 3.05) is 6.54 Å². The van der Waals surface area contributed by atoms with Gasteiger partial charge in [-0.25, -0.2) is 0 Å². The molecule has 0 radical (unpaired) electrons. The lowest BCUT2D eigenvalue weighted by molar-refractivity contribution is 0.0711. The summed E-state index contributed by atoms with van der Waals surface area (Å²) in [7, 11) is 1.87. The Morgan fingerprint density at radius 3 is 2.60 bits per heavy atom. The van der Waals surface area contributed by atoms with Crippen molar-refractivity contribution in [3.8, 4) is 0 Å². The van der Waals surface area contributed by atoms with Crippen LogP contribution in [-0.4, -0.2) is 39.0 Å². The molecule has 1 atom stereocenters. The van der Waals surface area contributed by atoms with Crippen LogP contribution in [0.15, 0.2) is 36.4 Å². The maximum absolute atomic E-state index is 12.9. The lowest BCUT2D eigenvalue weighted by Gasteiger charge is -2.23. The second kappa shape index (κ2) is 7.21. The molecule has 0 aliphatic carbocycles. The van der Waals surface area contributed by atoms with Crippen LogP contribution in [0.4, 0.5) is 0 Å². The summed E-state index contributed by atoms with van der Waals surface area (Å²) in [6, 6.07) is 11.1. The van der Waals surface area contributed by atoms with E-state index in [1.165, 1.54) is 0 Å². The summed E-state index contributed by atoms with van der Waals surface area (Å²) in [5.41, 5.74) is 2.23. The van der Waals surface area contributed by atoms with Crippen LogP contribution < -0.4 is 0 Å². The van der Waals surface area contributed by atoms with Crippen molar-refractivity contribution in [1.29, 1.82) is 0 Å². The molecule has 2 heterocycles. The Bertz CT molecular complexity index is 765. The molecule has 0 unspecified atom stereocenters. The van der Waals surface area contributed by atoms with Crippen molar-refractivity contribution < 1.29 is 9.59 Å². The smallest absolute Gasteiger partial charge is 0.274 e. The first-order valence-electron chi connectivity index (χ1n) is 8.90. The maximum Gasteiger partial charge on any atom is 0.274 e. The van der Waals surface area contributed by atoms with Crippen LogP contribution in [0, 0.1) is 0 Å². The van der Waals surface area contributed by atoms with E-state index < -0.39 is 0 Å². The number of likely N-dealkylation sites (tertiary alicyclic amines) is 1. The minimum Gasteiger partial charge on any atom is -0.334 e. The highest BCUT2D eigenvalue weighted by Crippen LogP contribution is 2.25. The van der Waals surface area contributed by atoms with Crippen LogP contribution in [0.3, 0.4) is 0 Å². The van der Waals surface area contributed by atoms with E-state index in [2.05, 4.69) is 18.9 Å². The number of nitrogens with zero attached hydrogens (tertiary/aromatic N) is 3. The van der Waals surface area contributed by atoms with Gasteiger partial charge in [-0.1, -0.05) is 44.2 Å². The largest absolute Gasteiger partial charge is 0.334 e. The van der Waals surface area contributed by atoms with Gasteiger partial charge in [-0.2, -0.15) is 5.10 Å². The molecule has 1 aromatic heterocycles. The SMILES string of the molecule is CC(C)c1cc(C(=O)N2CCC[C@H]2CC(=O)c2ccccc2)nn1C. The monoisotopic (exact) mass is 339 g/mol. The highest BCUT2D eigenvalue weighted by atomic mass is 16.2. The Labute approximate surface area is 148 Å². The molecule has 0 N–H and O–H groups in total. The van der Waals surface area contributed by atoms with Crippen molar-refractivity contribution in [2.24, 2.45) is 7.05 Å². The van der Waals surface area contributed by atoms with Gasteiger partial charge < -0.3 is 4.90 Å². The summed E-state index contributed by atoms with van der Waals surface area (Å²) in [6.45, 7) is 4.87. The molecule has 5 heteroatoms. The Balaban J connectivity index is 1.74. The van der Waals surface area contributed by atoms with E-state index in [-0.39, 0.29) is 17.7 Å². The van der Waals surface area contributed by atoms with E-state index in [0.717, 1.165) is 18.5 Å². The maximum atomic E-state index is 12.9. The number of hydrogen-bond acceptors (Lipinski definition) is 3. The standard InChI is InChI=1S/C20H25N3O2/c1-14(2)18-13-17(21-22(18)3)20(25)23-11-7-10-16(23)12-19(24)15-8-5-4-6-9-15/h4-6,8-9,13-14,16H,7,10-12H2,1-3H3/t16-/m0/s1. The molecular formula is C20H25N3O2. The molecule has 0 saturated carbocycles. The zero-order valence-corrected chi connectivity index (χ0v) is 15.1. The van der Waals surface area contributed by atoms with Crippen molar-refractivity contribution in [3.63, 3.8) is 0 Å². The van der Waals surface area contributed by atoms with Crippen molar-refractivity contribution >= 4 is 11.7 Å². The molecule has 3 rings (SSSR count). The molecule has 5 nitrogen and oxygen atoms in total. The number of hydrogen-bond donors (Lipinski definition) is 0. The Kier molecular flexibility index (Phi) is 5.02. The molecule has 1 amide bonds. The topological polar surface area (TPSA) is 55.2 Å². The Morgan fingerprint density at radius 2 is 1.96 bits per heavy atom. The predicted molar refractivity (Wildman–Crippen MR) is 96.7 cm³/mol. The van der Waals surface area contributed by atoms with Crippen LogP contribution in [-0.2, 0) is 7.05 Å². The summed E-state index contributed by atoms with van der Waals surface area (Å²) in [5.74, 6) is 0.341. The fourth-order valence-electron chi connectivity index (χ4n) is 3.54. The van der Waals surface area contributed by atoms with Crippen LogP contribution >= 0.6 is 0 Å². The number of Topliss-reactive ketones (excluding diaryl/α,β-unsaturated/α-hetero) is 1. The summed E-state index contributed by atoms with van der Waals surface area (Å²) in [5, 5.41) is 4.39. The lowest BCUT2D eigenvalue weighted by atomic mass is 10.0. The van der Waals surface area contributed by atoms with Crippen LogP contribution in [0.5, 0.6) is 0 Å². The average Bonchev–Trinajstić information content (AvgIpc) is 3.21. The molecule has 132 valence electrons. The van der Waals surface area contributed by atoms with Crippen molar-refractivity contribution in [1.82, 2.24) is 14.7 Å². The molecule has 1 aliphatic heterocycles. The molecule has 25 heavy (non-hydrogen) atoms. The number of rotatable bonds is 5. The predicted octanol–water partition coefficient (Wildman–Crippen LogP) is 3.42. The zero-order valence-electron chi connectivity index (χ0n) is 15.1. The third-order valence-corrected chi connectivity index (χ3v) is 4.88. The molecule has 1 aliphatic rings. The fourth-order valence-corrected chi connectivity index (χ4v) is 3.54. The fraction of sp³-hybridized carbons (Fsp3) is 0.450. The molecule has 1 aromatic carbocycles. The summed E-state index contributed by atoms with van der Waals surface area (Å²) in [4.78, 5) is 27.2.